The van der Waals surface area contributed by atoms with Gasteiger partial charge in [0.05, 0.1) is 5.75 Å². The number of hydrogen-bond acceptors (Lipinski definition) is 3. The van der Waals surface area contributed by atoms with Gasteiger partial charge in [0, 0.05) is 22.0 Å². The summed E-state index contributed by atoms with van der Waals surface area (Å²) in [7, 11) is 0. The van der Waals surface area contributed by atoms with Crippen molar-refractivity contribution in [1.29, 1.82) is 0 Å². The maximum absolute atomic E-state index is 12.7. The van der Waals surface area contributed by atoms with Crippen LogP contribution in [0.2, 0.25) is 5.02 Å². The number of carbonyl (C=O) groups excluding carboxylic acids is 2. The molecule has 1 saturated heterocycles. The standard InChI is InChI=1S/C24H21ClN2O2S/c1-15-3-4-16(2)21(13-15)27-22(28)14-30-24(27)18-7-11-20(12-8-18)26-23(29)17-5-9-19(25)10-6-17/h3-13,24H,14H2,1-2H3,(H,26,29). The first-order valence-corrected chi connectivity index (χ1v) is 11.0. The number of benzene rings is 3. The van der Waals surface area contributed by atoms with E-state index in [1.54, 1.807) is 36.0 Å². The highest BCUT2D eigenvalue weighted by atomic mass is 35.5. The molecule has 3 aromatic rings. The summed E-state index contributed by atoms with van der Waals surface area (Å²) in [5.41, 5.74) is 5.42. The summed E-state index contributed by atoms with van der Waals surface area (Å²) in [4.78, 5) is 26.9. The Morgan fingerprint density at radius 1 is 1.03 bits per heavy atom. The van der Waals surface area contributed by atoms with E-state index in [0.29, 0.717) is 22.0 Å². The van der Waals surface area contributed by atoms with Crippen LogP contribution in [0, 0.1) is 13.8 Å². The number of aryl methyl sites for hydroxylation is 2. The number of hydrogen-bond donors (Lipinski definition) is 1. The molecule has 1 atom stereocenters. The van der Waals surface area contributed by atoms with Gasteiger partial charge >= 0.3 is 0 Å². The van der Waals surface area contributed by atoms with E-state index >= 15 is 0 Å². The van der Waals surface area contributed by atoms with Gasteiger partial charge < -0.3 is 5.32 Å². The van der Waals surface area contributed by atoms with Gasteiger partial charge in [-0.05, 0) is 73.0 Å². The zero-order valence-electron chi connectivity index (χ0n) is 16.7. The molecule has 1 aliphatic heterocycles. The third kappa shape index (κ3) is 4.23. The molecular formula is C24H21ClN2O2S. The predicted molar refractivity (Wildman–Crippen MR) is 124 cm³/mol. The molecule has 4 rings (SSSR count). The van der Waals surface area contributed by atoms with Gasteiger partial charge in [0.1, 0.15) is 5.37 Å². The maximum Gasteiger partial charge on any atom is 0.255 e. The van der Waals surface area contributed by atoms with E-state index in [2.05, 4.69) is 17.4 Å². The van der Waals surface area contributed by atoms with Crippen molar-refractivity contribution in [3.05, 3.63) is 94.0 Å². The van der Waals surface area contributed by atoms with Crippen molar-refractivity contribution in [2.75, 3.05) is 16.0 Å². The Balaban J connectivity index is 1.54. The van der Waals surface area contributed by atoms with E-state index in [-0.39, 0.29) is 17.2 Å². The summed E-state index contributed by atoms with van der Waals surface area (Å²) < 4.78 is 0. The molecule has 1 heterocycles. The number of thioether (sulfide) groups is 1. The lowest BCUT2D eigenvalue weighted by molar-refractivity contribution is -0.115. The highest BCUT2D eigenvalue weighted by molar-refractivity contribution is 8.00. The van der Waals surface area contributed by atoms with Crippen LogP contribution in [0.15, 0.2) is 66.7 Å². The van der Waals surface area contributed by atoms with Gasteiger partial charge in [0.15, 0.2) is 0 Å². The third-order valence-corrected chi connectivity index (χ3v) is 6.52. The topological polar surface area (TPSA) is 49.4 Å². The zero-order valence-corrected chi connectivity index (χ0v) is 18.3. The molecule has 1 fully saturated rings. The average Bonchev–Trinajstić information content (AvgIpc) is 3.12. The van der Waals surface area contributed by atoms with Gasteiger partial charge in [-0.25, -0.2) is 0 Å². The lowest BCUT2D eigenvalue weighted by Gasteiger charge is -2.26. The lowest BCUT2D eigenvalue weighted by atomic mass is 10.1. The highest BCUT2D eigenvalue weighted by Crippen LogP contribution is 2.43. The first kappa shape index (κ1) is 20.5. The van der Waals surface area contributed by atoms with Crippen molar-refractivity contribution in [2.45, 2.75) is 19.2 Å². The van der Waals surface area contributed by atoms with Crippen LogP contribution < -0.4 is 10.2 Å². The Kier molecular flexibility index (Phi) is 5.84. The molecule has 4 nitrogen and oxygen atoms in total. The van der Waals surface area contributed by atoms with Crippen molar-refractivity contribution < 1.29 is 9.59 Å². The van der Waals surface area contributed by atoms with Gasteiger partial charge in [-0.3, -0.25) is 14.5 Å². The Morgan fingerprint density at radius 3 is 2.43 bits per heavy atom. The first-order chi connectivity index (χ1) is 14.4. The normalized spacial score (nSPS) is 16.0. The predicted octanol–water partition coefficient (Wildman–Crippen LogP) is 5.99. The molecule has 0 aliphatic carbocycles. The van der Waals surface area contributed by atoms with Gasteiger partial charge in [0.25, 0.3) is 5.91 Å². The monoisotopic (exact) mass is 436 g/mol. The Bertz CT molecular complexity index is 1100. The fourth-order valence-corrected chi connectivity index (χ4v) is 4.74. The molecule has 0 spiro atoms. The molecule has 0 saturated carbocycles. The van der Waals surface area contributed by atoms with Crippen LogP contribution in [-0.2, 0) is 4.79 Å². The van der Waals surface area contributed by atoms with Crippen LogP contribution in [0.5, 0.6) is 0 Å². The minimum absolute atomic E-state index is 0.0842. The molecule has 0 bridgehead atoms. The number of halogens is 1. The van der Waals surface area contributed by atoms with E-state index in [1.165, 1.54) is 0 Å². The fraction of sp³-hybridized carbons (Fsp3) is 0.167. The number of anilines is 2. The molecule has 1 unspecified atom stereocenters. The summed E-state index contributed by atoms with van der Waals surface area (Å²) in [5, 5.41) is 3.40. The molecule has 3 aromatic carbocycles. The van der Waals surface area contributed by atoms with E-state index in [0.717, 1.165) is 22.4 Å². The number of rotatable bonds is 4. The van der Waals surface area contributed by atoms with Crippen LogP contribution in [0.1, 0.15) is 32.4 Å². The van der Waals surface area contributed by atoms with Crippen molar-refractivity contribution in [3.63, 3.8) is 0 Å². The van der Waals surface area contributed by atoms with Crippen molar-refractivity contribution in [1.82, 2.24) is 0 Å². The fourth-order valence-electron chi connectivity index (χ4n) is 3.45. The van der Waals surface area contributed by atoms with Gasteiger partial charge in [0.2, 0.25) is 5.91 Å². The summed E-state index contributed by atoms with van der Waals surface area (Å²) in [6, 6.07) is 20.6. The van der Waals surface area contributed by atoms with Crippen LogP contribution in [-0.4, -0.2) is 17.6 Å². The summed E-state index contributed by atoms with van der Waals surface area (Å²) >= 11 is 7.49. The van der Waals surface area contributed by atoms with E-state index < -0.39 is 0 Å². The third-order valence-electron chi connectivity index (χ3n) is 5.05. The second kappa shape index (κ2) is 8.54. The molecule has 0 aromatic heterocycles. The van der Waals surface area contributed by atoms with Crippen LogP contribution in [0.3, 0.4) is 0 Å². The maximum atomic E-state index is 12.7. The van der Waals surface area contributed by atoms with Gasteiger partial charge in [-0.15, -0.1) is 11.8 Å². The molecule has 6 heteroatoms. The van der Waals surface area contributed by atoms with Crippen molar-refractivity contribution in [2.24, 2.45) is 0 Å². The highest BCUT2D eigenvalue weighted by Gasteiger charge is 2.34. The number of carbonyl (C=O) groups is 2. The van der Waals surface area contributed by atoms with Crippen LogP contribution >= 0.6 is 23.4 Å². The molecule has 30 heavy (non-hydrogen) atoms. The summed E-state index contributed by atoms with van der Waals surface area (Å²) in [6.45, 7) is 4.06. The SMILES string of the molecule is Cc1ccc(C)c(N2C(=O)CSC2c2ccc(NC(=O)c3ccc(Cl)cc3)cc2)c1. The number of amides is 2. The molecule has 152 valence electrons. The summed E-state index contributed by atoms with van der Waals surface area (Å²) in [6.07, 6.45) is 0. The quantitative estimate of drug-likeness (QED) is 0.546. The van der Waals surface area contributed by atoms with Crippen molar-refractivity contribution in [3.8, 4) is 0 Å². The molecule has 0 radical (unpaired) electrons. The minimum atomic E-state index is -0.193. The largest absolute Gasteiger partial charge is 0.322 e. The summed E-state index contributed by atoms with van der Waals surface area (Å²) in [5.74, 6) is 0.369. The van der Waals surface area contributed by atoms with E-state index in [1.807, 2.05) is 49.1 Å². The molecule has 1 N–H and O–H groups in total. The van der Waals surface area contributed by atoms with Crippen molar-refractivity contribution >= 4 is 46.6 Å². The minimum Gasteiger partial charge on any atom is -0.322 e. The first-order valence-electron chi connectivity index (χ1n) is 9.60. The van der Waals surface area contributed by atoms with Gasteiger partial charge in [-0.1, -0.05) is 35.9 Å². The zero-order chi connectivity index (χ0) is 21.3. The smallest absolute Gasteiger partial charge is 0.255 e. The second-order valence-corrected chi connectivity index (χ2v) is 8.81. The Hall–Kier alpha value is -2.76. The average molecular weight is 437 g/mol. The molecule has 1 aliphatic rings. The Labute approximate surface area is 185 Å². The Morgan fingerprint density at radius 2 is 1.73 bits per heavy atom. The molecule has 2 amide bonds. The molecular weight excluding hydrogens is 416 g/mol. The van der Waals surface area contributed by atoms with E-state index in [9.17, 15) is 9.59 Å². The second-order valence-electron chi connectivity index (χ2n) is 7.30. The van der Waals surface area contributed by atoms with Gasteiger partial charge in [-0.2, -0.15) is 0 Å². The lowest BCUT2D eigenvalue weighted by Crippen LogP contribution is -2.28. The van der Waals surface area contributed by atoms with E-state index in [4.69, 9.17) is 11.6 Å². The van der Waals surface area contributed by atoms with Crippen LogP contribution in [0.4, 0.5) is 11.4 Å². The number of nitrogens with zero attached hydrogens (tertiary/aromatic N) is 1. The number of nitrogens with one attached hydrogen (secondary N) is 1. The van der Waals surface area contributed by atoms with Crippen LogP contribution in [0.25, 0.3) is 0 Å².